The number of fused-ring (bicyclic) bond motifs is 1. The van der Waals surface area contributed by atoms with E-state index in [0.29, 0.717) is 18.3 Å². The Bertz CT molecular complexity index is 1020. The Balaban J connectivity index is 1.51. The second-order valence-electron chi connectivity index (χ2n) is 6.93. The molecule has 6 nitrogen and oxygen atoms in total. The van der Waals surface area contributed by atoms with Gasteiger partial charge in [-0.25, -0.2) is 4.98 Å². The zero-order valence-electron chi connectivity index (χ0n) is 15.9. The molecule has 27 heavy (non-hydrogen) atoms. The third-order valence-corrected chi connectivity index (χ3v) is 5.90. The van der Waals surface area contributed by atoms with Gasteiger partial charge in [-0.3, -0.25) is 9.48 Å². The third-order valence-electron chi connectivity index (χ3n) is 5.14. The number of hydrogen-bond acceptors (Lipinski definition) is 5. The van der Waals surface area contributed by atoms with Crippen molar-refractivity contribution in [2.24, 2.45) is 7.05 Å². The highest BCUT2D eigenvalue weighted by Gasteiger charge is 2.23. The van der Waals surface area contributed by atoms with Crippen molar-refractivity contribution in [3.05, 3.63) is 51.7 Å². The van der Waals surface area contributed by atoms with Crippen LogP contribution in [-0.2, 0) is 29.8 Å². The van der Waals surface area contributed by atoms with E-state index in [1.807, 2.05) is 37.9 Å². The van der Waals surface area contributed by atoms with Gasteiger partial charge in [0, 0.05) is 29.2 Å². The molecular weight excluding hydrogens is 360 g/mol. The van der Waals surface area contributed by atoms with Gasteiger partial charge in [-0.05, 0) is 38.0 Å². The van der Waals surface area contributed by atoms with Crippen LogP contribution >= 0.6 is 11.3 Å². The molecular formula is C20H22N4O2S. The number of hydrogen-bond donors (Lipinski definition) is 1. The standard InChI is InChI=1S/C20H22N4O2S/c1-11(18-12(2)23-24(4)13(18)3)19(25)22-20-21-17(10-27-20)14-5-6-15-8-26-9-16(15)7-14/h5-7,10-11H,8-9H2,1-4H3,(H,21,22,25). The number of nitrogens with zero attached hydrogens (tertiary/aromatic N) is 3. The van der Waals surface area contributed by atoms with Gasteiger partial charge < -0.3 is 10.1 Å². The molecule has 1 aromatic carbocycles. The summed E-state index contributed by atoms with van der Waals surface area (Å²) in [5, 5.41) is 9.94. The summed E-state index contributed by atoms with van der Waals surface area (Å²) in [4.78, 5) is 17.3. The molecule has 1 aliphatic rings. The number of benzene rings is 1. The van der Waals surface area contributed by atoms with Crippen LogP contribution in [0.15, 0.2) is 23.6 Å². The van der Waals surface area contributed by atoms with Crippen LogP contribution in [0.3, 0.4) is 0 Å². The molecule has 3 aromatic rings. The Hall–Kier alpha value is -2.51. The molecule has 1 unspecified atom stereocenters. The van der Waals surface area contributed by atoms with Crippen molar-refractivity contribution in [2.75, 3.05) is 5.32 Å². The van der Waals surface area contributed by atoms with Gasteiger partial charge in [-0.1, -0.05) is 12.1 Å². The lowest BCUT2D eigenvalue weighted by Gasteiger charge is -2.11. The normalized spacial score (nSPS) is 14.2. The lowest BCUT2D eigenvalue weighted by Crippen LogP contribution is -2.19. The summed E-state index contributed by atoms with van der Waals surface area (Å²) in [5.74, 6) is -0.361. The predicted octanol–water partition coefficient (Wildman–Crippen LogP) is 3.93. The number of anilines is 1. The van der Waals surface area contributed by atoms with Crippen LogP contribution < -0.4 is 5.32 Å². The van der Waals surface area contributed by atoms with Crippen molar-refractivity contribution in [1.29, 1.82) is 0 Å². The number of rotatable bonds is 4. The zero-order valence-corrected chi connectivity index (χ0v) is 16.7. The minimum absolute atomic E-state index is 0.0718. The molecule has 1 aliphatic heterocycles. The number of amides is 1. The van der Waals surface area contributed by atoms with Crippen LogP contribution in [0.5, 0.6) is 0 Å². The first-order chi connectivity index (χ1) is 12.9. The molecule has 3 heterocycles. The summed E-state index contributed by atoms with van der Waals surface area (Å²) in [6.07, 6.45) is 0. The lowest BCUT2D eigenvalue weighted by molar-refractivity contribution is -0.117. The third kappa shape index (κ3) is 3.28. The Morgan fingerprint density at radius 3 is 2.81 bits per heavy atom. The van der Waals surface area contributed by atoms with E-state index >= 15 is 0 Å². The van der Waals surface area contributed by atoms with E-state index in [1.54, 1.807) is 0 Å². The molecule has 0 radical (unpaired) electrons. The Labute approximate surface area is 162 Å². The summed E-state index contributed by atoms with van der Waals surface area (Å²) < 4.78 is 7.28. The number of nitrogens with one attached hydrogen (secondary N) is 1. The van der Waals surface area contributed by atoms with E-state index in [9.17, 15) is 4.79 Å². The van der Waals surface area contributed by atoms with Crippen LogP contribution in [0.25, 0.3) is 11.3 Å². The molecule has 4 rings (SSSR count). The highest BCUT2D eigenvalue weighted by molar-refractivity contribution is 7.14. The van der Waals surface area contributed by atoms with Crippen molar-refractivity contribution < 1.29 is 9.53 Å². The molecule has 1 N–H and O–H groups in total. The highest BCUT2D eigenvalue weighted by Crippen LogP contribution is 2.30. The maximum absolute atomic E-state index is 12.7. The zero-order chi connectivity index (χ0) is 19.1. The summed E-state index contributed by atoms with van der Waals surface area (Å²) in [6.45, 7) is 7.15. The smallest absolute Gasteiger partial charge is 0.233 e. The van der Waals surface area contributed by atoms with Gasteiger partial charge in [0.05, 0.1) is 30.5 Å². The molecule has 0 spiro atoms. The molecule has 0 saturated carbocycles. The van der Waals surface area contributed by atoms with Crippen molar-refractivity contribution in [3.8, 4) is 11.3 Å². The average molecular weight is 382 g/mol. The average Bonchev–Trinajstić information content (AvgIpc) is 3.34. The van der Waals surface area contributed by atoms with Crippen LogP contribution in [-0.4, -0.2) is 20.7 Å². The van der Waals surface area contributed by atoms with Gasteiger partial charge in [0.25, 0.3) is 0 Å². The SMILES string of the molecule is Cc1nn(C)c(C)c1C(C)C(=O)Nc1nc(-c2ccc3c(c2)COC3)cs1. The van der Waals surface area contributed by atoms with Gasteiger partial charge in [0.2, 0.25) is 5.91 Å². The first kappa shape index (κ1) is 17.9. The number of aryl methyl sites for hydroxylation is 2. The van der Waals surface area contributed by atoms with Gasteiger partial charge in [0.15, 0.2) is 5.13 Å². The number of carbonyl (C=O) groups excluding carboxylic acids is 1. The summed E-state index contributed by atoms with van der Waals surface area (Å²) in [6, 6.07) is 6.26. The number of thiazole rings is 1. The molecule has 0 saturated heterocycles. The highest BCUT2D eigenvalue weighted by atomic mass is 32.1. The van der Waals surface area contributed by atoms with Crippen LogP contribution in [0.1, 0.15) is 40.9 Å². The molecule has 1 amide bonds. The topological polar surface area (TPSA) is 69.0 Å². The van der Waals surface area contributed by atoms with Gasteiger partial charge >= 0.3 is 0 Å². The number of ether oxygens (including phenoxy) is 1. The Morgan fingerprint density at radius 2 is 2.07 bits per heavy atom. The van der Waals surface area contributed by atoms with Gasteiger partial charge in [-0.15, -0.1) is 11.3 Å². The maximum Gasteiger partial charge on any atom is 0.233 e. The van der Waals surface area contributed by atoms with E-state index < -0.39 is 0 Å². The summed E-state index contributed by atoms with van der Waals surface area (Å²) >= 11 is 1.44. The van der Waals surface area contributed by atoms with Crippen molar-refractivity contribution >= 4 is 22.4 Å². The number of carbonyl (C=O) groups is 1. The second kappa shape index (κ2) is 6.90. The van der Waals surface area contributed by atoms with E-state index in [1.165, 1.54) is 22.5 Å². The molecule has 2 aromatic heterocycles. The van der Waals surface area contributed by atoms with Crippen LogP contribution in [0.4, 0.5) is 5.13 Å². The molecule has 0 aliphatic carbocycles. The summed E-state index contributed by atoms with van der Waals surface area (Å²) in [5.41, 5.74) is 7.23. The van der Waals surface area contributed by atoms with Crippen molar-refractivity contribution in [1.82, 2.24) is 14.8 Å². The predicted molar refractivity (Wildman–Crippen MR) is 106 cm³/mol. The lowest BCUT2D eigenvalue weighted by atomic mass is 9.98. The molecule has 1 atom stereocenters. The Kier molecular flexibility index (Phi) is 4.57. The van der Waals surface area contributed by atoms with Crippen molar-refractivity contribution in [2.45, 2.75) is 39.9 Å². The molecule has 140 valence electrons. The van der Waals surface area contributed by atoms with Crippen LogP contribution in [0.2, 0.25) is 0 Å². The Morgan fingerprint density at radius 1 is 1.30 bits per heavy atom. The second-order valence-corrected chi connectivity index (χ2v) is 7.79. The molecule has 7 heteroatoms. The largest absolute Gasteiger partial charge is 0.372 e. The number of aromatic nitrogens is 3. The monoisotopic (exact) mass is 382 g/mol. The quantitative estimate of drug-likeness (QED) is 0.742. The maximum atomic E-state index is 12.7. The fourth-order valence-corrected chi connectivity index (χ4v) is 4.28. The summed E-state index contributed by atoms with van der Waals surface area (Å²) in [7, 11) is 1.89. The van der Waals surface area contributed by atoms with Crippen LogP contribution in [0, 0.1) is 13.8 Å². The van der Waals surface area contributed by atoms with Gasteiger partial charge in [-0.2, -0.15) is 5.10 Å². The van der Waals surface area contributed by atoms with Crippen molar-refractivity contribution in [3.63, 3.8) is 0 Å². The molecule has 0 bridgehead atoms. The van der Waals surface area contributed by atoms with E-state index in [-0.39, 0.29) is 11.8 Å². The fourth-order valence-electron chi connectivity index (χ4n) is 3.56. The first-order valence-corrected chi connectivity index (χ1v) is 9.78. The van der Waals surface area contributed by atoms with E-state index in [0.717, 1.165) is 28.2 Å². The molecule has 0 fully saturated rings. The van der Waals surface area contributed by atoms with Gasteiger partial charge in [0.1, 0.15) is 0 Å². The first-order valence-electron chi connectivity index (χ1n) is 8.90. The van der Waals surface area contributed by atoms with E-state index in [4.69, 9.17) is 4.74 Å². The minimum Gasteiger partial charge on any atom is -0.372 e. The minimum atomic E-state index is -0.289. The fraction of sp³-hybridized carbons (Fsp3) is 0.350. The van der Waals surface area contributed by atoms with E-state index in [2.05, 4.69) is 33.6 Å².